The van der Waals surface area contributed by atoms with Crippen LogP contribution in [0.1, 0.15) is 50.3 Å². The first-order chi connectivity index (χ1) is 10.2. The zero-order valence-corrected chi connectivity index (χ0v) is 12.9. The topological polar surface area (TPSA) is 29.5 Å². The molecule has 0 aliphatic carbocycles. The van der Waals surface area contributed by atoms with Crippen molar-refractivity contribution in [2.45, 2.75) is 45.6 Å². The molecule has 2 aromatic rings. The largest absolute Gasteiger partial charge is 0.457 e. The molecule has 0 saturated carbocycles. The Bertz CT molecular complexity index is 528. The Labute approximate surface area is 127 Å². The second-order valence-corrected chi connectivity index (χ2v) is 5.34. The van der Waals surface area contributed by atoms with Crippen LogP contribution in [0.3, 0.4) is 0 Å². The fourth-order valence-corrected chi connectivity index (χ4v) is 2.23. The van der Waals surface area contributed by atoms with E-state index in [1.54, 1.807) is 0 Å². The van der Waals surface area contributed by atoms with Gasteiger partial charge in [0.05, 0.1) is 6.10 Å². The van der Waals surface area contributed by atoms with Crippen molar-refractivity contribution in [2.24, 2.45) is 0 Å². The van der Waals surface area contributed by atoms with Crippen molar-refractivity contribution in [3.8, 4) is 11.5 Å². The summed E-state index contributed by atoms with van der Waals surface area (Å²) in [5.74, 6) is 1.64. The van der Waals surface area contributed by atoms with Crippen molar-refractivity contribution >= 4 is 0 Å². The predicted molar refractivity (Wildman–Crippen MR) is 86.8 cm³/mol. The van der Waals surface area contributed by atoms with Gasteiger partial charge in [-0.2, -0.15) is 0 Å². The first-order valence-corrected chi connectivity index (χ1v) is 7.77. The van der Waals surface area contributed by atoms with E-state index in [1.807, 2.05) is 43.3 Å². The second-order valence-electron chi connectivity index (χ2n) is 5.34. The molecule has 0 amide bonds. The Balaban J connectivity index is 1.97. The number of ether oxygens (including phenoxy) is 1. The zero-order chi connectivity index (χ0) is 15.1. The summed E-state index contributed by atoms with van der Waals surface area (Å²) in [5.41, 5.74) is 2.28. The van der Waals surface area contributed by atoms with Gasteiger partial charge >= 0.3 is 0 Å². The van der Waals surface area contributed by atoms with Crippen LogP contribution in [-0.4, -0.2) is 5.11 Å². The lowest BCUT2D eigenvalue weighted by Crippen LogP contribution is -1.94. The highest BCUT2D eigenvalue weighted by Crippen LogP contribution is 2.24. The second kappa shape index (κ2) is 7.84. The van der Waals surface area contributed by atoms with Gasteiger partial charge in [0.2, 0.25) is 0 Å². The van der Waals surface area contributed by atoms with Crippen molar-refractivity contribution < 1.29 is 9.84 Å². The fourth-order valence-electron chi connectivity index (χ4n) is 2.23. The molecule has 21 heavy (non-hydrogen) atoms. The molecule has 2 aromatic carbocycles. The molecule has 0 radical (unpaired) electrons. The summed E-state index contributed by atoms with van der Waals surface area (Å²) in [6.07, 6.45) is 3.90. The van der Waals surface area contributed by atoms with E-state index in [9.17, 15) is 5.11 Å². The normalized spacial score (nSPS) is 12.1. The Kier molecular flexibility index (Phi) is 5.82. The van der Waals surface area contributed by atoms with Gasteiger partial charge in [0.15, 0.2) is 0 Å². The minimum atomic E-state index is -0.392. The molecule has 0 spiro atoms. The van der Waals surface area contributed by atoms with E-state index < -0.39 is 6.10 Å². The highest BCUT2D eigenvalue weighted by atomic mass is 16.5. The minimum absolute atomic E-state index is 0.392. The van der Waals surface area contributed by atoms with Crippen LogP contribution in [0.2, 0.25) is 0 Å². The minimum Gasteiger partial charge on any atom is -0.457 e. The molecule has 0 aromatic heterocycles. The van der Waals surface area contributed by atoms with Gasteiger partial charge < -0.3 is 9.84 Å². The molecule has 0 aliphatic rings. The molecule has 1 atom stereocenters. The van der Waals surface area contributed by atoms with Gasteiger partial charge in [-0.3, -0.25) is 0 Å². The third-order valence-corrected chi connectivity index (χ3v) is 3.63. The van der Waals surface area contributed by atoms with E-state index in [2.05, 4.69) is 19.1 Å². The van der Waals surface area contributed by atoms with Gasteiger partial charge in [-0.05, 0) is 54.7 Å². The number of benzene rings is 2. The molecule has 0 heterocycles. The van der Waals surface area contributed by atoms with Crippen molar-refractivity contribution in [1.29, 1.82) is 0 Å². The van der Waals surface area contributed by atoms with Gasteiger partial charge in [-0.15, -0.1) is 0 Å². The van der Waals surface area contributed by atoms with Gasteiger partial charge in [0.1, 0.15) is 11.5 Å². The van der Waals surface area contributed by atoms with Crippen LogP contribution in [0, 0.1) is 0 Å². The molecule has 0 saturated heterocycles. The van der Waals surface area contributed by atoms with Crippen LogP contribution in [-0.2, 0) is 6.42 Å². The first-order valence-electron chi connectivity index (χ1n) is 7.77. The van der Waals surface area contributed by atoms with Gasteiger partial charge in [-0.25, -0.2) is 0 Å². The average Bonchev–Trinajstić information content (AvgIpc) is 2.54. The molecule has 0 bridgehead atoms. The van der Waals surface area contributed by atoms with Crippen LogP contribution in [0.15, 0.2) is 48.5 Å². The molecular weight excluding hydrogens is 260 g/mol. The lowest BCUT2D eigenvalue weighted by molar-refractivity contribution is 0.173. The highest BCUT2D eigenvalue weighted by molar-refractivity contribution is 5.35. The number of aliphatic hydroxyl groups is 1. The van der Waals surface area contributed by atoms with Crippen molar-refractivity contribution in [3.63, 3.8) is 0 Å². The maximum atomic E-state index is 9.77. The highest BCUT2D eigenvalue weighted by Gasteiger charge is 2.05. The standard InChI is InChI=1S/C19H24O2/c1-3-5-6-15-7-11-17(12-8-15)21-18-13-9-16(10-14-18)19(20)4-2/h7-14,19-20H,3-6H2,1-2H3. The molecule has 2 heteroatoms. The number of hydrogen-bond acceptors (Lipinski definition) is 2. The van der Waals surface area contributed by atoms with Crippen LogP contribution < -0.4 is 4.74 Å². The van der Waals surface area contributed by atoms with Gasteiger partial charge in [-0.1, -0.05) is 44.5 Å². The third-order valence-electron chi connectivity index (χ3n) is 3.63. The molecular formula is C19H24O2. The number of aryl methyl sites for hydroxylation is 1. The van der Waals surface area contributed by atoms with Gasteiger partial charge in [0.25, 0.3) is 0 Å². The Hall–Kier alpha value is -1.80. The lowest BCUT2D eigenvalue weighted by atomic mass is 10.1. The summed E-state index contributed by atoms with van der Waals surface area (Å²) in [7, 11) is 0. The van der Waals surface area contributed by atoms with E-state index in [4.69, 9.17) is 4.74 Å². The maximum absolute atomic E-state index is 9.77. The Morgan fingerprint density at radius 3 is 2.00 bits per heavy atom. The molecule has 1 unspecified atom stereocenters. The van der Waals surface area contributed by atoms with Crippen LogP contribution >= 0.6 is 0 Å². The summed E-state index contributed by atoms with van der Waals surface area (Å²) in [5, 5.41) is 9.77. The summed E-state index contributed by atoms with van der Waals surface area (Å²) in [6.45, 7) is 4.17. The van der Waals surface area contributed by atoms with Crippen molar-refractivity contribution in [2.75, 3.05) is 0 Å². The quantitative estimate of drug-likeness (QED) is 0.751. The zero-order valence-electron chi connectivity index (χ0n) is 12.9. The van der Waals surface area contributed by atoms with Crippen LogP contribution in [0.4, 0.5) is 0 Å². The monoisotopic (exact) mass is 284 g/mol. The van der Waals surface area contributed by atoms with E-state index in [-0.39, 0.29) is 0 Å². The summed E-state index contributed by atoms with van der Waals surface area (Å²) in [4.78, 5) is 0. The molecule has 112 valence electrons. The molecule has 0 aliphatic heterocycles. The van der Waals surface area contributed by atoms with Crippen molar-refractivity contribution in [3.05, 3.63) is 59.7 Å². The summed E-state index contributed by atoms with van der Waals surface area (Å²) in [6, 6.07) is 15.9. The van der Waals surface area contributed by atoms with E-state index >= 15 is 0 Å². The van der Waals surface area contributed by atoms with Crippen LogP contribution in [0.5, 0.6) is 11.5 Å². The SMILES string of the molecule is CCCCc1ccc(Oc2ccc(C(O)CC)cc2)cc1. The molecule has 2 rings (SSSR count). The first kappa shape index (κ1) is 15.6. The average molecular weight is 284 g/mol. The summed E-state index contributed by atoms with van der Waals surface area (Å²) < 4.78 is 5.82. The molecule has 2 nitrogen and oxygen atoms in total. The Morgan fingerprint density at radius 2 is 1.48 bits per heavy atom. The van der Waals surface area contributed by atoms with E-state index in [1.165, 1.54) is 18.4 Å². The molecule has 1 N–H and O–H groups in total. The van der Waals surface area contributed by atoms with Gasteiger partial charge in [0, 0.05) is 0 Å². The van der Waals surface area contributed by atoms with E-state index in [0.717, 1.165) is 29.9 Å². The van der Waals surface area contributed by atoms with E-state index in [0.29, 0.717) is 0 Å². The smallest absolute Gasteiger partial charge is 0.127 e. The maximum Gasteiger partial charge on any atom is 0.127 e. The Morgan fingerprint density at radius 1 is 0.905 bits per heavy atom. The number of rotatable bonds is 7. The summed E-state index contributed by atoms with van der Waals surface area (Å²) >= 11 is 0. The lowest BCUT2D eigenvalue weighted by Gasteiger charge is -2.10. The number of hydrogen-bond donors (Lipinski definition) is 1. The predicted octanol–water partition coefficient (Wildman–Crippen LogP) is 5.26. The van der Waals surface area contributed by atoms with Crippen LogP contribution in [0.25, 0.3) is 0 Å². The van der Waals surface area contributed by atoms with Crippen molar-refractivity contribution in [1.82, 2.24) is 0 Å². The fraction of sp³-hybridized carbons (Fsp3) is 0.368. The number of aliphatic hydroxyl groups excluding tert-OH is 1. The number of unbranched alkanes of at least 4 members (excludes halogenated alkanes) is 1. The molecule has 0 fully saturated rings. The third kappa shape index (κ3) is 4.61.